The molecule has 6 nitrogen and oxygen atoms in total. The van der Waals surface area contributed by atoms with Gasteiger partial charge in [-0.15, -0.1) is 0 Å². The van der Waals surface area contributed by atoms with Gasteiger partial charge < -0.3 is 20.4 Å². The highest BCUT2D eigenvalue weighted by Gasteiger charge is 2.29. The number of hydrogen-bond acceptors (Lipinski definition) is 5. The monoisotopic (exact) mass is 294 g/mol. The molecule has 0 unspecified atom stereocenters. The number of furan rings is 1. The molecule has 0 bridgehead atoms. The minimum Gasteiger partial charge on any atom is -0.455 e. The maximum atomic E-state index is 12.1. The van der Waals surface area contributed by atoms with Crippen molar-refractivity contribution < 1.29 is 9.21 Å². The summed E-state index contributed by atoms with van der Waals surface area (Å²) >= 11 is 0. The molecule has 0 spiro atoms. The van der Waals surface area contributed by atoms with Crippen LogP contribution < -0.4 is 11.1 Å². The van der Waals surface area contributed by atoms with Crippen molar-refractivity contribution in [3.63, 3.8) is 0 Å². The molecular weight excluding hydrogens is 268 g/mol. The van der Waals surface area contributed by atoms with E-state index in [1.165, 1.54) is 0 Å². The van der Waals surface area contributed by atoms with Crippen LogP contribution in [0.5, 0.6) is 0 Å². The third-order valence-corrected chi connectivity index (χ3v) is 4.13. The van der Waals surface area contributed by atoms with Gasteiger partial charge in [0, 0.05) is 38.3 Å². The van der Waals surface area contributed by atoms with Crippen LogP contribution in [-0.2, 0) is 6.54 Å². The molecule has 2 rings (SSSR count). The van der Waals surface area contributed by atoms with E-state index in [9.17, 15) is 4.79 Å². The van der Waals surface area contributed by atoms with E-state index in [2.05, 4.69) is 36.0 Å². The highest BCUT2D eigenvalue weighted by atomic mass is 16.4. The first-order chi connectivity index (χ1) is 9.92. The molecular formula is C15H26N4O2. The molecule has 0 atom stereocenters. The van der Waals surface area contributed by atoms with Gasteiger partial charge in [-0.1, -0.05) is 0 Å². The Morgan fingerprint density at radius 1 is 1.33 bits per heavy atom. The first kappa shape index (κ1) is 16.0. The van der Waals surface area contributed by atoms with Crippen molar-refractivity contribution in [3.8, 4) is 0 Å². The van der Waals surface area contributed by atoms with Crippen LogP contribution in [0.25, 0.3) is 0 Å². The maximum Gasteiger partial charge on any atom is 0.287 e. The second kappa shape index (κ2) is 6.60. The molecule has 1 aromatic rings. The quantitative estimate of drug-likeness (QED) is 0.827. The van der Waals surface area contributed by atoms with Crippen molar-refractivity contribution in [1.29, 1.82) is 0 Å². The van der Waals surface area contributed by atoms with E-state index in [0.717, 1.165) is 26.2 Å². The van der Waals surface area contributed by atoms with E-state index in [4.69, 9.17) is 10.2 Å². The molecule has 6 heteroatoms. The van der Waals surface area contributed by atoms with Gasteiger partial charge in [-0.3, -0.25) is 9.69 Å². The van der Waals surface area contributed by atoms with Gasteiger partial charge in [-0.25, -0.2) is 0 Å². The van der Waals surface area contributed by atoms with Crippen molar-refractivity contribution in [3.05, 3.63) is 23.7 Å². The number of hydrogen-bond donors (Lipinski definition) is 2. The lowest BCUT2D eigenvalue weighted by Crippen LogP contribution is -2.57. The molecule has 1 aliphatic heterocycles. The third-order valence-electron chi connectivity index (χ3n) is 4.13. The van der Waals surface area contributed by atoms with E-state index in [1.54, 1.807) is 12.1 Å². The standard InChI is InChI=1S/C15H26N4O2/c1-15(2,19-8-6-18(3)7-9-19)11-17-14(20)13-5-4-12(10-16)21-13/h4-5H,6-11,16H2,1-3H3,(H,17,20). The molecule has 1 aromatic heterocycles. The van der Waals surface area contributed by atoms with E-state index in [-0.39, 0.29) is 11.4 Å². The van der Waals surface area contributed by atoms with Gasteiger partial charge in [-0.05, 0) is 33.0 Å². The molecule has 0 aliphatic carbocycles. The number of amides is 1. The fraction of sp³-hybridized carbons (Fsp3) is 0.667. The number of nitrogens with zero attached hydrogens (tertiary/aromatic N) is 2. The van der Waals surface area contributed by atoms with Crippen molar-refractivity contribution in [2.45, 2.75) is 25.9 Å². The largest absolute Gasteiger partial charge is 0.455 e. The topological polar surface area (TPSA) is 74.7 Å². The molecule has 1 aliphatic rings. The Morgan fingerprint density at radius 2 is 2.00 bits per heavy atom. The lowest BCUT2D eigenvalue weighted by Gasteiger charge is -2.43. The summed E-state index contributed by atoms with van der Waals surface area (Å²) in [6.45, 7) is 9.39. The molecule has 118 valence electrons. The first-order valence-electron chi connectivity index (χ1n) is 7.43. The van der Waals surface area contributed by atoms with E-state index in [0.29, 0.717) is 24.6 Å². The summed E-state index contributed by atoms with van der Waals surface area (Å²) in [4.78, 5) is 16.8. The average molecular weight is 294 g/mol. The molecule has 2 heterocycles. The summed E-state index contributed by atoms with van der Waals surface area (Å²) in [7, 11) is 2.14. The van der Waals surface area contributed by atoms with Crippen molar-refractivity contribution in [1.82, 2.24) is 15.1 Å². The summed E-state index contributed by atoms with van der Waals surface area (Å²) in [5.74, 6) is 0.764. The number of nitrogens with two attached hydrogens (primary N) is 1. The molecule has 0 saturated carbocycles. The summed E-state index contributed by atoms with van der Waals surface area (Å²) in [5, 5.41) is 2.96. The summed E-state index contributed by atoms with van der Waals surface area (Å²) < 4.78 is 5.36. The van der Waals surface area contributed by atoms with Gasteiger partial charge in [0.25, 0.3) is 5.91 Å². The van der Waals surface area contributed by atoms with E-state index < -0.39 is 0 Å². The minimum absolute atomic E-state index is 0.0692. The predicted molar refractivity (Wildman–Crippen MR) is 82.1 cm³/mol. The third kappa shape index (κ3) is 4.06. The Balaban J connectivity index is 1.87. The number of likely N-dealkylation sites (N-methyl/N-ethyl adjacent to an activating group) is 1. The highest BCUT2D eigenvalue weighted by molar-refractivity contribution is 5.91. The average Bonchev–Trinajstić information content (AvgIpc) is 2.94. The Morgan fingerprint density at radius 3 is 2.57 bits per heavy atom. The molecule has 0 aromatic carbocycles. The number of carbonyl (C=O) groups is 1. The van der Waals surface area contributed by atoms with Crippen LogP contribution in [-0.4, -0.2) is 61.0 Å². The first-order valence-corrected chi connectivity index (χ1v) is 7.43. The molecule has 0 radical (unpaired) electrons. The maximum absolute atomic E-state index is 12.1. The van der Waals surface area contributed by atoms with Crippen LogP contribution in [0, 0.1) is 0 Å². The van der Waals surface area contributed by atoms with Crippen LogP contribution in [0.3, 0.4) is 0 Å². The second-order valence-corrected chi connectivity index (χ2v) is 6.26. The minimum atomic E-state index is -0.183. The fourth-order valence-electron chi connectivity index (χ4n) is 2.52. The molecule has 21 heavy (non-hydrogen) atoms. The Bertz CT molecular complexity index is 476. The summed E-state index contributed by atoms with van der Waals surface area (Å²) in [6, 6.07) is 3.40. The zero-order valence-corrected chi connectivity index (χ0v) is 13.2. The number of nitrogens with one attached hydrogen (secondary N) is 1. The summed E-state index contributed by atoms with van der Waals surface area (Å²) in [5.41, 5.74) is 5.41. The highest BCUT2D eigenvalue weighted by Crippen LogP contribution is 2.16. The van der Waals surface area contributed by atoms with E-state index in [1.807, 2.05) is 0 Å². The molecule has 3 N–H and O–H groups in total. The Hall–Kier alpha value is -1.37. The Labute approximate surface area is 126 Å². The van der Waals surface area contributed by atoms with Crippen LogP contribution in [0.1, 0.15) is 30.2 Å². The molecule has 1 fully saturated rings. The van der Waals surface area contributed by atoms with Crippen LogP contribution >= 0.6 is 0 Å². The fourth-order valence-corrected chi connectivity index (χ4v) is 2.52. The van der Waals surface area contributed by atoms with Crippen LogP contribution in [0.4, 0.5) is 0 Å². The number of carbonyl (C=O) groups excluding carboxylic acids is 1. The number of rotatable bonds is 5. The van der Waals surface area contributed by atoms with Gasteiger partial charge in [0.1, 0.15) is 5.76 Å². The van der Waals surface area contributed by atoms with Crippen molar-refractivity contribution >= 4 is 5.91 Å². The lowest BCUT2D eigenvalue weighted by atomic mass is 10.0. The second-order valence-electron chi connectivity index (χ2n) is 6.26. The SMILES string of the molecule is CN1CCN(C(C)(C)CNC(=O)c2ccc(CN)o2)CC1. The number of piperazine rings is 1. The van der Waals surface area contributed by atoms with Gasteiger partial charge in [0.05, 0.1) is 6.54 Å². The van der Waals surface area contributed by atoms with Crippen molar-refractivity contribution in [2.24, 2.45) is 5.73 Å². The normalized spacial score (nSPS) is 17.9. The summed E-state index contributed by atoms with van der Waals surface area (Å²) in [6.07, 6.45) is 0. The lowest BCUT2D eigenvalue weighted by molar-refractivity contribution is 0.0581. The van der Waals surface area contributed by atoms with Gasteiger partial charge in [0.2, 0.25) is 0 Å². The van der Waals surface area contributed by atoms with Crippen LogP contribution in [0.2, 0.25) is 0 Å². The van der Waals surface area contributed by atoms with Crippen molar-refractivity contribution in [2.75, 3.05) is 39.8 Å². The molecule has 1 amide bonds. The van der Waals surface area contributed by atoms with Gasteiger partial charge in [-0.2, -0.15) is 0 Å². The molecule has 1 saturated heterocycles. The van der Waals surface area contributed by atoms with E-state index >= 15 is 0 Å². The van der Waals surface area contributed by atoms with Gasteiger partial charge in [0.15, 0.2) is 5.76 Å². The van der Waals surface area contributed by atoms with Crippen LogP contribution in [0.15, 0.2) is 16.5 Å². The Kier molecular flexibility index (Phi) is 5.03. The smallest absolute Gasteiger partial charge is 0.287 e. The zero-order valence-electron chi connectivity index (χ0n) is 13.2. The predicted octanol–water partition coefficient (Wildman–Crippen LogP) is 0.494. The zero-order chi connectivity index (χ0) is 15.5. The van der Waals surface area contributed by atoms with Gasteiger partial charge >= 0.3 is 0 Å².